The number of likely N-dealkylation sites (tertiary alicyclic amines) is 1. The van der Waals surface area contributed by atoms with Gasteiger partial charge in [0.05, 0.1) is 0 Å². The van der Waals surface area contributed by atoms with Crippen LogP contribution in [0, 0.1) is 0 Å². The van der Waals surface area contributed by atoms with Crippen molar-refractivity contribution in [3.63, 3.8) is 0 Å². The van der Waals surface area contributed by atoms with E-state index in [2.05, 4.69) is 29.2 Å². The highest BCUT2D eigenvalue weighted by Crippen LogP contribution is 2.42. The Morgan fingerprint density at radius 2 is 1.81 bits per heavy atom. The fourth-order valence-corrected chi connectivity index (χ4v) is 3.82. The van der Waals surface area contributed by atoms with Crippen LogP contribution in [0.1, 0.15) is 30.9 Å². The van der Waals surface area contributed by atoms with Gasteiger partial charge in [0, 0.05) is 39.4 Å². The molecule has 2 aliphatic rings. The van der Waals surface area contributed by atoms with Gasteiger partial charge in [-0.1, -0.05) is 36.4 Å². The van der Waals surface area contributed by atoms with Crippen LogP contribution in [0.3, 0.4) is 0 Å². The molecule has 4 rings (SSSR count). The van der Waals surface area contributed by atoms with Crippen LogP contribution >= 0.6 is 0 Å². The molecule has 2 heterocycles. The van der Waals surface area contributed by atoms with Crippen LogP contribution in [0.2, 0.25) is 0 Å². The van der Waals surface area contributed by atoms with Gasteiger partial charge in [-0.05, 0) is 23.3 Å². The van der Waals surface area contributed by atoms with E-state index in [1.165, 1.54) is 12.5 Å². The second-order valence-electron chi connectivity index (χ2n) is 6.92. The Morgan fingerprint density at radius 3 is 2.54 bits per heavy atom. The highest BCUT2D eigenvalue weighted by atomic mass is 16.7. The number of hydrogen-bond acceptors (Lipinski definition) is 5. The Labute approximate surface area is 153 Å². The number of carbonyl (C=O) groups excluding carboxylic acids is 1. The average Bonchev–Trinajstić information content (AvgIpc) is 3.12. The SMILES string of the molecule is CC(=O)OC1(c2ccc3c(c2)OCO3)CCN(Cc2ccccc2)CC1. The first-order valence-electron chi connectivity index (χ1n) is 9.01. The van der Waals surface area contributed by atoms with Gasteiger partial charge in [0.25, 0.3) is 0 Å². The number of rotatable bonds is 4. The van der Waals surface area contributed by atoms with Crippen molar-refractivity contribution in [2.24, 2.45) is 0 Å². The lowest BCUT2D eigenvalue weighted by atomic mass is 9.83. The lowest BCUT2D eigenvalue weighted by Gasteiger charge is -2.41. The van der Waals surface area contributed by atoms with Crippen LogP contribution in [-0.2, 0) is 21.7 Å². The van der Waals surface area contributed by atoms with Crippen molar-refractivity contribution in [1.29, 1.82) is 0 Å². The highest BCUT2D eigenvalue weighted by Gasteiger charge is 2.40. The van der Waals surface area contributed by atoms with Gasteiger partial charge < -0.3 is 14.2 Å². The number of ether oxygens (including phenoxy) is 3. The van der Waals surface area contributed by atoms with Crippen molar-refractivity contribution >= 4 is 5.97 Å². The molecule has 0 saturated carbocycles. The van der Waals surface area contributed by atoms with Crippen LogP contribution < -0.4 is 9.47 Å². The molecule has 1 saturated heterocycles. The molecule has 2 aliphatic heterocycles. The molecule has 0 N–H and O–H groups in total. The van der Waals surface area contributed by atoms with E-state index >= 15 is 0 Å². The van der Waals surface area contributed by atoms with E-state index in [0.717, 1.165) is 49.5 Å². The van der Waals surface area contributed by atoms with E-state index < -0.39 is 5.60 Å². The first kappa shape index (κ1) is 16.9. The quantitative estimate of drug-likeness (QED) is 0.788. The summed E-state index contributed by atoms with van der Waals surface area (Å²) in [7, 11) is 0. The molecule has 1 fully saturated rings. The molecule has 0 unspecified atom stereocenters. The lowest BCUT2D eigenvalue weighted by Crippen LogP contribution is -2.44. The minimum absolute atomic E-state index is 0.240. The molecule has 0 radical (unpaired) electrons. The molecule has 0 bridgehead atoms. The largest absolute Gasteiger partial charge is 0.454 e. The number of hydrogen-bond donors (Lipinski definition) is 0. The van der Waals surface area contributed by atoms with E-state index in [-0.39, 0.29) is 12.8 Å². The standard InChI is InChI=1S/C21H23NO4/c1-16(23)26-21(18-7-8-19-20(13-18)25-15-24-19)9-11-22(12-10-21)14-17-5-3-2-4-6-17/h2-8,13H,9-12,14-15H2,1H3. The zero-order valence-electron chi connectivity index (χ0n) is 14.9. The summed E-state index contributed by atoms with van der Waals surface area (Å²) in [4.78, 5) is 14.2. The third-order valence-corrected chi connectivity index (χ3v) is 5.15. The average molecular weight is 353 g/mol. The maximum Gasteiger partial charge on any atom is 0.303 e. The Bertz CT molecular complexity index is 782. The summed E-state index contributed by atoms with van der Waals surface area (Å²) in [5.41, 5.74) is 1.69. The monoisotopic (exact) mass is 353 g/mol. The van der Waals surface area contributed by atoms with E-state index in [1.807, 2.05) is 24.3 Å². The van der Waals surface area contributed by atoms with Crippen LogP contribution in [0.15, 0.2) is 48.5 Å². The van der Waals surface area contributed by atoms with E-state index in [9.17, 15) is 4.79 Å². The van der Waals surface area contributed by atoms with Crippen LogP contribution in [0.5, 0.6) is 11.5 Å². The summed E-state index contributed by atoms with van der Waals surface area (Å²) >= 11 is 0. The van der Waals surface area contributed by atoms with Gasteiger partial charge in [-0.25, -0.2) is 0 Å². The van der Waals surface area contributed by atoms with Crippen molar-refractivity contribution in [2.75, 3.05) is 19.9 Å². The van der Waals surface area contributed by atoms with Crippen molar-refractivity contribution in [1.82, 2.24) is 4.90 Å². The molecule has 5 nitrogen and oxygen atoms in total. The maximum atomic E-state index is 11.8. The Hall–Kier alpha value is -2.53. The highest BCUT2D eigenvalue weighted by molar-refractivity contribution is 5.67. The Morgan fingerprint density at radius 1 is 1.08 bits per heavy atom. The molecule has 0 aromatic heterocycles. The predicted octanol–water partition coefficient (Wildman–Crippen LogP) is 3.47. The molecular formula is C21H23NO4. The summed E-state index contributed by atoms with van der Waals surface area (Å²) in [5, 5.41) is 0. The second-order valence-corrected chi connectivity index (χ2v) is 6.92. The van der Waals surface area contributed by atoms with E-state index in [1.54, 1.807) is 0 Å². The fourth-order valence-electron chi connectivity index (χ4n) is 3.82. The number of piperidine rings is 1. The normalized spacial score (nSPS) is 18.5. The number of nitrogens with zero attached hydrogens (tertiary/aromatic N) is 1. The summed E-state index contributed by atoms with van der Waals surface area (Å²) in [6, 6.07) is 16.3. The minimum atomic E-state index is -0.597. The first-order valence-corrected chi connectivity index (χ1v) is 9.01. The molecule has 0 aliphatic carbocycles. The zero-order valence-corrected chi connectivity index (χ0v) is 14.9. The number of fused-ring (bicyclic) bond motifs is 1. The second kappa shape index (κ2) is 7.00. The third-order valence-electron chi connectivity index (χ3n) is 5.15. The Kier molecular flexibility index (Phi) is 4.55. The summed E-state index contributed by atoms with van der Waals surface area (Å²) in [6.45, 7) is 4.38. The number of benzene rings is 2. The molecule has 136 valence electrons. The minimum Gasteiger partial charge on any atom is -0.454 e. The molecule has 0 atom stereocenters. The topological polar surface area (TPSA) is 48.0 Å². The van der Waals surface area contributed by atoms with Crippen LogP contribution in [0.25, 0.3) is 0 Å². The van der Waals surface area contributed by atoms with Gasteiger partial charge in [-0.15, -0.1) is 0 Å². The fraction of sp³-hybridized carbons (Fsp3) is 0.381. The van der Waals surface area contributed by atoms with Crippen LogP contribution in [-0.4, -0.2) is 30.8 Å². The maximum absolute atomic E-state index is 11.8. The predicted molar refractivity (Wildman–Crippen MR) is 97.0 cm³/mol. The number of esters is 1. The van der Waals surface area contributed by atoms with Gasteiger partial charge in [0.1, 0.15) is 5.60 Å². The van der Waals surface area contributed by atoms with Gasteiger partial charge >= 0.3 is 5.97 Å². The van der Waals surface area contributed by atoms with E-state index in [4.69, 9.17) is 14.2 Å². The molecule has 0 spiro atoms. The molecule has 5 heteroatoms. The van der Waals surface area contributed by atoms with Crippen LogP contribution in [0.4, 0.5) is 0 Å². The van der Waals surface area contributed by atoms with Gasteiger partial charge in [-0.3, -0.25) is 9.69 Å². The summed E-state index contributed by atoms with van der Waals surface area (Å²) in [6.07, 6.45) is 1.53. The van der Waals surface area contributed by atoms with Gasteiger partial charge in [0.15, 0.2) is 11.5 Å². The number of carbonyl (C=O) groups is 1. The van der Waals surface area contributed by atoms with Gasteiger partial charge in [0.2, 0.25) is 6.79 Å². The Balaban J connectivity index is 1.52. The zero-order chi connectivity index (χ0) is 18.0. The third kappa shape index (κ3) is 3.40. The van der Waals surface area contributed by atoms with Gasteiger partial charge in [-0.2, -0.15) is 0 Å². The van der Waals surface area contributed by atoms with Crippen molar-refractivity contribution in [3.05, 3.63) is 59.7 Å². The molecule has 26 heavy (non-hydrogen) atoms. The first-order chi connectivity index (χ1) is 12.6. The van der Waals surface area contributed by atoms with E-state index in [0.29, 0.717) is 0 Å². The van der Waals surface area contributed by atoms with Crippen molar-refractivity contribution in [2.45, 2.75) is 31.9 Å². The lowest BCUT2D eigenvalue weighted by molar-refractivity contribution is -0.164. The molecule has 0 amide bonds. The summed E-state index contributed by atoms with van der Waals surface area (Å²) in [5.74, 6) is 1.22. The summed E-state index contributed by atoms with van der Waals surface area (Å²) < 4.78 is 16.8. The molecule has 2 aromatic carbocycles. The molecule has 2 aromatic rings. The van der Waals surface area contributed by atoms with Crippen molar-refractivity contribution < 1.29 is 19.0 Å². The smallest absolute Gasteiger partial charge is 0.303 e. The van der Waals surface area contributed by atoms with Crippen molar-refractivity contribution in [3.8, 4) is 11.5 Å². The molecular weight excluding hydrogens is 330 g/mol.